The minimum Gasteiger partial charge on any atom is -0.439 e. The van der Waals surface area contributed by atoms with E-state index in [0.29, 0.717) is 24.7 Å². The molecule has 0 aliphatic carbocycles. The van der Waals surface area contributed by atoms with Gasteiger partial charge in [0.2, 0.25) is 11.8 Å². The quantitative estimate of drug-likeness (QED) is 0.441. The van der Waals surface area contributed by atoms with Gasteiger partial charge in [0.25, 0.3) is 0 Å². The van der Waals surface area contributed by atoms with Crippen molar-refractivity contribution in [3.05, 3.63) is 66.6 Å². The lowest BCUT2D eigenvalue weighted by molar-refractivity contribution is -0.135. The summed E-state index contributed by atoms with van der Waals surface area (Å²) in [5.41, 5.74) is 3.81. The van der Waals surface area contributed by atoms with E-state index >= 15 is 0 Å². The summed E-state index contributed by atoms with van der Waals surface area (Å²) >= 11 is 0. The number of carbonyl (C=O) groups is 1. The second-order valence-electron chi connectivity index (χ2n) is 7.97. The second kappa shape index (κ2) is 11.5. The Morgan fingerprint density at radius 3 is 2.54 bits per heavy atom. The van der Waals surface area contributed by atoms with Crippen molar-refractivity contribution in [2.45, 2.75) is 20.4 Å². The molecule has 1 saturated heterocycles. The number of fused-ring (bicyclic) bond motifs is 1. The van der Waals surface area contributed by atoms with Crippen molar-refractivity contribution in [2.24, 2.45) is 0 Å². The number of piperazine rings is 1. The smallest absolute Gasteiger partial charge is 0.248 e. The molecule has 1 aliphatic rings. The van der Waals surface area contributed by atoms with Gasteiger partial charge in [0.1, 0.15) is 12.4 Å². The zero-order chi connectivity index (χ0) is 24.6. The van der Waals surface area contributed by atoms with Gasteiger partial charge in [-0.2, -0.15) is 5.10 Å². The van der Waals surface area contributed by atoms with E-state index in [9.17, 15) is 4.79 Å². The number of carbonyl (C=O) groups excluding carboxylic acids is 1. The van der Waals surface area contributed by atoms with E-state index < -0.39 is 6.61 Å². The van der Waals surface area contributed by atoms with Gasteiger partial charge in [-0.1, -0.05) is 13.8 Å². The minimum absolute atomic E-state index is 0.205. The third-order valence-corrected chi connectivity index (χ3v) is 5.75. The summed E-state index contributed by atoms with van der Waals surface area (Å²) in [4.78, 5) is 24.6. The van der Waals surface area contributed by atoms with E-state index in [0.717, 1.165) is 47.4 Å². The van der Waals surface area contributed by atoms with Crippen molar-refractivity contribution in [2.75, 3.05) is 32.8 Å². The van der Waals surface area contributed by atoms with E-state index in [1.165, 1.54) is 0 Å². The van der Waals surface area contributed by atoms with Crippen molar-refractivity contribution >= 4 is 16.8 Å². The van der Waals surface area contributed by atoms with Crippen LogP contribution in [0.4, 0.5) is 0 Å². The van der Waals surface area contributed by atoms with Crippen molar-refractivity contribution in [3.8, 4) is 22.9 Å². The molecule has 4 aromatic rings. The standard InChI is InChI=1S/C24H24N6O3.C2H6/c31-16-24(32)30-9-7-29(8-10-30)15-17-11-18-1-3-20(12-22(18)25-13-17)33-23-4-2-19(14-26-23)21-5-6-27-28-21;1-2/h1-6,11-14,31H,7-10,15-16H2,(H,27,28);1-2H3. The van der Waals surface area contributed by atoms with E-state index in [1.54, 1.807) is 17.3 Å². The number of amides is 1. The lowest BCUT2D eigenvalue weighted by Crippen LogP contribution is -2.49. The molecule has 5 rings (SSSR count). The Hall–Kier alpha value is -3.82. The number of aliphatic hydroxyl groups is 1. The van der Waals surface area contributed by atoms with Crippen molar-refractivity contribution in [1.82, 2.24) is 30.0 Å². The van der Waals surface area contributed by atoms with Gasteiger partial charge in [-0.3, -0.25) is 19.8 Å². The number of ether oxygens (including phenoxy) is 1. The molecule has 1 aromatic carbocycles. The Balaban J connectivity index is 0.00000141. The van der Waals surface area contributed by atoms with Crippen LogP contribution in [0.3, 0.4) is 0 Å². The molecule has 0 unspecified atom stereocenters. The Kier molecular flexibility index (Phi) is 8.02. The topological polar surface area (TPSA) is 107 Å². The number of hydrogen-bond acceptors (Lipinski definition) is 7. The number of pyridine rings is 2. The number of aliphatic hydroxyl groups excluding tert-OH is 1. The maximum Gasteiger partial charge on any atom is 0.248 e. The first-order valence-electron chi connectivity index (χ1n) is 11.8. The fraction of sp³-hybridized carbons (Fsp3) is 0.308. The number of nitrogens with zero attached hydrogens (tertiary/aromatic N) is 5. The summed E-state index contributed by atoms with van der Waals surface area (Å²) < 4.78 is 5.91. The summed E-state index contributed by atoms with van der Waals surface area (Å²) in [6.45, 7) is 7.18. The summed E-state index contributed by atoms with van der Waals surface area (Å²) in [5, 5.41) is 16.9. The molecule has 3 aromatic heterocycles. The van der Waals surface area contributed by atoms with Crippen molar-refractivity contribution in [3.63, 3.8) is 0 Å². The van der Waals surface area contributed by atoms with Crippen molar-refractivity contribution in [1.29, 1.82) is 0 Å². The Labute approximate surface area is 204 Å². The van der Waals surface area contributed by atoms with Gasteiger partial charge >= 0.3 is 0 Å². The first-order valence-corrected chi connectivity index (χ1v) is 11.8. The highest BCUT2D eigenvalue weighted by atomic mass is 16.5. The average molecular weight is 475 g/mol. The molecule has 1 amide bonds. The molecule has 1 aliphatic heterocycles. The zero-order valence-electron chi connectivity index (χ0n) is 20.0. The lowest BCUT2D eigenvalue weighted by Gasteiger charge is -2.34. The maximum atomic E-state index is 11.6. The van der Waals surface area contributed by atoms with Crippen LogP contribution in [0, 0.1) is 0 Å². The molecule has 182 valence electrons. The molecular formula is C26H30N6O3. The number of hydrogen-bond donors (Lipinski definition) is 2. The van der Waals surface area contributed by atoms with Gasteiger partial charge in [0, 0.05) is 74.4 Å². The van der Waals surface area contributed by atoms with Crippen LogP contribution in [0.5, 0.6) is 11.6 Å². The zero-order valence-corrected chi connectivity index (χ0v) is 20.0. The fourth-order valence-electron chi connectivity index (χ4n) is 3.95. The summed E-state index contributed by atoms with van der Waals surface area (Å²) in [5.74, 6) is 0.978. The highest BCUT2D eigenvalue weighted by molar-refractivity contribution is 5.80. The Morgan fingerprint density at radius 1 is 1.03 bits per heavy atom. The fourth-order valence-corrected chi connectivity index (χ4v) is 3.95. The molecule has 4 heterocycles. The second-order valence-corrected chi connectivity index (χ2v) is 7.97. The lowest BCUT2D eigenvalue weighted by atomic mass is 10.1. The molecule has 1 fully saturated rings. The van der Waals surface area contributed by atoms with Crippen LogP contribution < -0.4 is 4.74 Å². The first kappa shape index (κ1) is 24.3. The predicted octanol–water partition coefficient (Wildman–Crippen LogP) is 3.47. The molecule has 9 heteroatoms. The molecule has 2 N–H and O–H groups in total. The monoisotopic (exact) mass is 474 g/mol. The molecule has 35 heavy (non-hydrogen) atoms. The number of rotatable bonds is 6. The molecule has 0 saturated carbocycles. The van der Waals surface area contributed by atoms with Gasteiger partial charge in [-0.15, -0.1) is 0 Å². The van der Waals surface area contributed by atoms with Crippen LogP contribution in [-0.2, 0) is 11.3 Å². The largest absolute Gasteiger partial charge is 0.439 e. The molecule has 0 spiro atoms. The van der Waals surface area contributed by atoms with Crippen LogP contribution in [0.25, 0.3) is 22.2 Å². The Morgan fingerprint density at radius 2 is 1.86 bits per heavy atom. The van der Waals surface area contributed by atoms with E-state index in [1.807, 2.05) is 56.4 Å². The summed E-state index contributed by atoms with van der Waals surface area (Å²) in [6.07, 6.45) is 5.33. The maximum absolute atomic E-state index is 11.6. The van der Waals surface area contributed by atoms with Crippen LogP contribution in [0.15, 0.2) is 61.1 Å². The van der Waals surface area contributed by atoms with E-state index in [2.05, 4.69) is 31.1 Å². The third kappa shape index (κ3) is 6.00. The third-order valence-electron chi connectivity index (χ3n) is 5.75. The summed E-state index contributed by atoms with van der Waals surface area (Å²) in [6, 6.07) is 13.6. The number of aromatic amines is 1. The SMILES string of the molecule is CC.O=C(CO)N1CCN(Cc2cnc3cc(Oc4ccc(-c5ccn[nH]5)cn4)ccc3c2)CC1. The van der Waals surface area contributed by atoms with Crippen molar-refractivity contribution < 1.29 is 14.6 Å². The average Bonchev–Trinajstić information content (AvgIpc) is 3.45. The number of aromatic nitrogens is 4. The predicted molar refractivity (Wildman–Crippen MR) is 134 cm³/mol. The van der Waals surface area contributed by atoms with Gasteiger partial charge in [0.15, 0.2) is 0 Å². The summed E-state index contributed by atoms with van der Waals surface area (Å²) in [7, 11) is 0. The Bertz CT molecular complexity index is 1240. The van der Waals surface area contributed by atoms with Gasteiger partial charge in [-0.05, 0) is 35.9 Å². The van der Waals surface area contributed by atoms with Crippen LogP contribution >= 0.6 is 0 Å². The van der Waals surface area contributed by atoms with Crippen LogP contribution in [0.1, 0.15) is 19.4 Å². The number of nitrogens with one attached hydrogen (secondary N) is 1. The highest BCUT2D eigenvalue weighted by Crippen LogP contribution is 2.26. The minimum atomic E-state index is -0.424. The van der Waals surface area contributed by atoms with Gasteiger partial charge < -0.3 is 14.7 Å². The van der Waals surface area contributed by atoms with Gasteiger partial charge in [-0.25, -0.2) is 4.98 Å². The van der Waals surface area contributed by atoms with Crippen LogP contribution in [-0.4, -0.2) is 73.8 Å². The molecule has 0 bridgehead atoms. The number of benzene rings is 1. The number of H-pyrrole nitrogens is 1. The first-order chi connectivity index (χ1) is 17.2. The molecule has 9 nitrogen and oxygen atoms in total. The van der Waals surface area contributed by atoms with E-state index in [-0.39, 0.29) is 5.91 Å². The molecule has 0 radical (unpaired) electrons. The van der Waals surface area contributed by atoms with E-state index in [4.69, 9.17) is 9.84 Å². The normalized spacial score (nSPS) is 13.9. The molecule has 0 atom stereocenters. The van der Waals surface area contributed by atoms with Gasteiger partial charge in [0.05, 0.1) is 11.2 Å². The molecular weight excluding hydrogens is 444 g/mol. The highest BCUT2D eigenvalue weighted by Gasteiger charge is 2.20. The van der Waals surface area contributed by atoms with Crippen LogP contribution in [0.2, 0.25) is 0 Å².